The fourth-order valence-electron chi connectivity index (χ4n) is 5.39. The number of carbonyl (C=O) groups excluding carboxylic acids is 1. The van der Waals surface area contributed by atoms with E-state index in [9.17, 15) is 28.1 Å². The third-order valence-corrected chi connectivity index (χ3v) is 7.95. The quantitative estimate of drug-likeness (QED) is 0.148. The predicted octanol–water partition coefficient (Wildman–Crippen LogP) is 7.21. The van der Waals surface area contributed by atoms with Crippen molar-refractivity contribution in [2.24, 2.45) is 0 Å². The molecule has 12 heteroatoms. The molecule has 6 rings (SSSR count). The number of imidazole rings is 1. The number of nitrogens with zero attached hydrogens (tertiary/aromatic N) is 5. The molecule has 0 unspecified atom stereocenters. The highest BCUT2D eigenvalue weighted by Crippen LogP contribution is 2.33. The first kappa shape index (κ1) is 29.3. The molecular weight excluding hydrogens is 595 g/mol. The second-order valence-electron chi connectivity index (χ2n) is 10.5. The van der Waals surface area contributed by atoms with Crippen molar-refractivity contribution >= 4 is 28.8 Å². The number of nitro benzene ring substituents is 1. The zero-order valence-electron chi connectivity index (χ0n) is 23.2. The zero-order valence-corrected chi connectivity index (χ0v) is 23.9. The Morgan fingerprint density at radius 3 is 2.30 bits per heavy atom. The lowest BCUT2D eigenvalue weighted by Gasteiger charge is -2.34. The van der Waals surface area contributed by atoms with E-state index in [1.165, 1.54) is 24.3 Å². The highest BCUT2D eigenvalue weighted by molar-refractivity contribution is 6.30. The predicted molar refractivity (Wildman–Crippen MR) is 160 cm³/mol. The summed E-state index contributed by atoms with van der Waals surface area (Å²) in [6, 6.07) is 21.8. The fraction of sp³-hybridized carbons (Fsp3) is 0.188. The van der Waals surface area contributed by atoms with Crippen LogP contribution in [-0.4, -0.2) is 56.2 Å². The molecule has 1 amide bonds. The summed E-state index contributed by atoms with van der Waals surface area (Å²) in [6.45, 7) is 2.39. The van der Waals surface area contributed by atoms with Gasteiger partial charge in [0.1, 0.15) is 5.65 Å². The van der Waals surface area contributed by atoms with Gasteiger partial charge in [0, 0.05) is 67.2 Å². The normalized spacial score (nSPS) is 14.2. The number of carbonyl (C=O) groups is 1. The summed E-state index contributed by atoms with van der Waals surface area (Å²) >= 11 is 6.13. The number of aromatic nitrogens is 2. The number of rotatable bonds is 6. The molecule has 5 aromatic rings. The molecule has 0 spiro atoms. The van der Waals surface area contributed by atoms with Gasteiger partial charge in [-0.3, -0.25) is 19.8 Å². The molecule has 3 aromatic carbocycles. The smallest absolute Gasteiger partial charge is 0.336 e. The van der Waals surface area contributed by atoms with Crippen molar-refractivity contribution in [2.45, 2.75) is 12.7 Å². The maximum Gasteiger partial charge on any atom is 0.416 e. The first-order valence-corrected chi connectivity index (χ1v) is 14.2. The number of pyridine rings is 1. The number of amides is 1. The lowest BCUT2D eigenvalue weighted by Crippen LogP contribution is -2.48. The number of alkyl halides is 3. The summed E-state index contributed by atoms with van der Waals surface area (Å²) in [5.74, 6) is -0.268. The van der Waals surface area contributed by atoms with Gasteiger partial charge >= 0.3 is 6.18 Å². The average molecular weight is 620 g/mol. The lowest BCUT2D eigenvalue weighted by atomic mass is 10.0. The Balaban J connectivity index is 1.29. The van der Waals surface area contributed by atoms with Crippen LogP contribution in [0.2, 0.25) is 5.02 Å². The molecule has 3 heterocycles. The molecule has 1 aliphatic rings. The second-order valence-corrected chi connectivity index (χ2v) is 11.0. The number of hydrogen-bond donors (Lipinski definition) is 0. The zero-order chi connectivity index (χ0) is 31.0. The maximum absolute atomic E-state index is 13.4. The molecule has 0 bridgehead atoms. The minimum absolute atomic E-state index is 0.138. The van der Waals surface area contributed by atoms with Crippen LogP contribution in [0, 0.1) is 10.1 Å². The van der Waals surface area contributed by atoms with Gasteiger partial charge in [0.2, 0.25) is 0 Å². The molecule has 44 heavy (non-hydrogen) atoms. The highest BCUT2D eigenvalue weighted by Gasteiger charge is 2.30. The molecule has 224 valence electrons. The molecule has 1 fully saturated rings. The van der Waals surface area contributed by atoms with E-state index in [0.29, 0.717) is 54.5 Å². The van der Waals surface area contributed by atoms with Gasteiger partial charge in [0.15, 0.2) is 0 Å². The van der Waals surface area contributed by atoms with Crippen LogP contribution in [0.25, 0.3) is 28.0 Å². The first-order valence-electron chi connectivity index (χ1n) is 13.8. The number of piperazine rings is 1. The Bertz CT molecular complexity index is 1870. The fourth-order valence-corrected chi connectivity index (χ4v) is 5.51. The number of fused-ring (bicyclic) bond motifs is 1. The van der Waals surface area contributed by atoms with Crippen LogP contribution in [0.4, 0.5) is 18.9 Å². The molecule has 1 saturated heterocycles. The molecule has 1 aliphatic heterocycles. The van der Waals surface area contributed by atoms with Crippen molar-refractivity contribution in [2.75, 3.05) is 26.2 Å². The third-order valence-electron chi connectivity index (χ3n) is 7.70. The SMILES string of the molecule is O=C(c1cccc([N+](=O)[O-])c1)N1CCN(Cc2c(-c3ccc(Cl)cc3)nc3ccc(-c4cccc(C(F)(F)F)c4)cn23)CC1. The van der Waals surface area contributed by atoms with E-state index < -0.39 is 16.7 Å². The van der Waals surface area contributed by atoms with Crippen LogP contribution >= 0.6 is 11.6 Å². The maximum atomic E-state index is 13.4. The van der Waals surface area contributed by atoms with Gasteiger partial charge in [-0.25, -0.2) is 4.98 Å². The van der Waals surface area contributed by atoms with Gasteiger partial charge in [0.25, 0.3) is 11.6 Å². The van der Waals surface area contributed by atoms with E-state index in [2.05, 4.69) is 4.90 Å². The van der Waals surface area contributed by atoms with Gasteiger partial charge < -0.3 is 9.30 Å². The molecule has 0 aliphatic carbocycles. The largest absolute Gasteiger partial charge is 0.416 e. The minimum atomic E-state index is -4.46. The first-order chi connectivity index (χ1) is 21.1. The minimum Gasteiger partial charge on any atom is -0.336 e. The number of nitro groups is 1. The Morgan fingerprint density at radius 1 is 0.886 bits per heavy atom. The van der Waals surface area contributed by atoms with E-state index in [0.717, 1.165) is 29.1 Å². The monoisotopic (exact) mass is 619 g/mol. The van der Waals surface area contributed by atoms with Gasteiger partial charge in [-0.15, -0.1) is 0 Å². The number of benzene rings is 3. The molecule has 8 nitrogen and oxygen atoms in total. The van der Waals surface area contributed by atoms with Crippen LogP contribution in [0.1, 0.15) is 21.6 Å². The van der Waals surface area contributed by atoms with Gasteiger partial charge in [-0.1, -0.05) is 41.9 Å². The molecule has 0 N–H and O–H groups in total. The Hall–Kier alpha value is -4.74. The molecule has 0 radical (unpaired) electrons. The van der Waals surface area contributed by atoms with E-state index in [1.54, 1.807) is 47.5 Å². The molecule has 0 atom stereocenters. The van der Waals surface area contributed by atoms with E-state index >= 15 is 0 Å². The Kier molecular flexibility index (Phi) is 7.83. The van der Waals surface area contributed by atoms with E-state index in [4.69, 9.17) is 16.6 Å². The van der Waals surface area contributed by atoms with E-state index in [1.807, 2.05) is 16.5 Å². The van der Waals surface area contributed by atoms with Crippen LogP contribution in [0.5, 0.6) is 0 Å². The van der Waals surface area contributed by atoms with Crippen LogP contribution in [0.15, 0.2) is 91.1 Å². The van der Waals surface area contributed by atoms with Gasteiger partial charge in [0.05, 0.1) is 21.9 Å². The van der Waals surface area contributed by atoms with Crippen molar-refractivity contribution < 1.29 is 22.9 Å². The van der Waals surface area contributed by atoms with Crippen molar-refractivity contribution in [1.29, 1.82) is 0 Å². The summed E-state index contributed by atoms with van der Waals surface area (Å²) in [4.78, 5) is 32.4. The highest BCUT2D eigenvalue weighted by atomic mass is 35.5. The van der Waals surface area contributed by atoms with Crippen molar-refractivity contribution in [3.63, 3.8) is 0 Å². The summed E-state index contributed by atoms with van der Waals surface area (Å²) in [5, 5.41) is 11.7. The summed E-state index contributed by atoms with van der Waals surface area (Å²) in [7, 11) is 0. The lowest BCUT2D eigenvalue weighted by molar-refractivity contribution is -0.384. The Morgan fingerprint density at radius 2 is 1.59 bits per heavy atom. The van der Waals surface area contributed by atoms with Crippen molar-refractivity contribution in [1.82, 2.24) is 19.2 Å². The summed E-state index contributed by atoms with van der Waals surface area (Å²) in [5.41, 5.74) is 3.49. The van der Waals surface area contributed by atoms with Crippen molar-refractivity contribution in [3.05, 3.63) is 123 Å². The molecule has 0 saturated carbocycles. The third kappa shape index (κ3) is 6.01. The van der Waals surface area contributed by atoms with Crippen molar-refractivity contribution in [3.8, 4) is 22.4 Å². The standard InChI is InChI=1S/C32H25ClF3N5O3/c33-26-10-7-21(8-11-26)30-28(20-38-13-15-39(16-14-38)31(42)23-4-2-6-27(18-23)41(43)44)40-19-24(9-12-29(40)37-30)22-3-1-5-25(17-22)32(34,35)36/h1-12,17-19H,13-16,20H2. The molecule has 2 aromatic heterocycles. The Labute approximate surface area is 255 Å². The topological polar surface area (TPSA) is 84.0 Å². The van der Waals surface area contributed by atoms with Gasteiger partial charge in [-0.2, -0.15) is 13.2 Å². The number of halogens is 4. The summed E-state index contributed by atoms with van der Waals surface area (Å²) < 4.78 is 42.2. The van der Waals surface area contributed by atoms with Gasteiger partial charge in [-0.05, 0) is 53.6 Å². The molecular formula is C32H25ClF3N5O3. The number of hydrogen-bond acceptors (Lipinski definition) is 5. The number of non-ortho nitro benzene ring substituents is 1. The van der Waals surface area contributed by atoms with E-state index in [-0.39, 0.29) is 17.2 Å². The second kappa shape index (κ2) is 11.7. The summed E-state index contributed by atoms with van der Waals surface area (Å²) in [6.07, 6.45) is -2.66. The van der Waals surface area contributed by atoms with Crippen LogP contribution in [-0.2, 0) is 12.7 Å². The average Bonchev–Trinajstić information content (AvgIpc) is 3.38. The van der Waals surface area contributed by atoms with Crippen LogP contribution < -0.4 is 0 Å². The van der Waals surface area contributed by atoms with Crippen LogP contribution in [0.3, 0.4) is 0 Å².